The highest BCUT2D eigenvalue weighted by atomic mass is 16.5. The summed E-state index contributed by atoms with van der Waals surface area (Å²) in [5, 5.41) is 10.8. The summed E-state index contributed by atoms with van der Waals surface area (Å²) >= 11 is 0. The topological polar surface area (TPSA) is 105 Å². The Bertz CT molecular complexity index is 746. The van der Waals surface area contributed by atoms with Crippen LogP contribution in [-0.4, -0.2) is 18.0 Å². The second kappa shape index (κ2) is 7.09. The first kappa shape index (κ1) is 16.0. The van der Waals surface area contributed by atoms with Crippen molar-refractivity contribution >= 4 is 11.9 Å². The number of imide groups is 1. The second-order valence-corrected chi connectivity index (χ2v) is 4.83. The van der Waals surface area contributed by atoms with Crippen molar-refractivity contribution in [2.24, 2.45) is 5.73 Å². The maximum Gasteiger partial charge on any atom is 0.318 e. The van der Waals surface area contributed by atoms with E-state index in [1.165, 1.54) is 6.92 Å². The van der Waals surface area contributed by atoms with Crippen LogP contribution < -0.4 is 15.8 Å². The molecule has 3 amide bonds. The summed E-state index contributed by atoms with van der Waals surface area (Å²) in [6.45, 7) is 1.52. The van der Waals surface area contributed by atoms with Crippen molar-refractivity contribution in [1.29, 1.82) is 5.26 Å². The van der Waals surface area contributed by atoms with E-state index >= 15 is 0 Å². The van der Waals surface area contributed by atoms with Gasteiger partial charge in [0.15, 0.2) is 6.10 Å². The van der Waals surface area contributed by atoms with E-state index in [1.807, 2.05) is 29.6 Å². The maximum atomic E-state index is 11.5. The van der Waals surface area contributed by atoms with Gasteiger partial charge in [0.2, 0.25) is 0 Å². The van der Waals surface area contributed by atoms with E-state index in [4.69, 9.17) is 15.7 Å². The number of nitrogens with one attached hydrogen (secondary N) is 1. The van der Waals surface area contributed by atoms with Gasteiger partial charge >= 0.3 is 6.03 Å². The number of nitriles is 1. The average Bonchev–Trinajstić information content (AvgIpc) is 2.55. The summed E-state index contributed by atoms with van der Waals surface area (Å²) in [6, 6.07) is 15.5. The summed E-state index contributed by atoms with van der Waals surface area (Å²) in [5.41, 5.74) is 7.41. The lowest BCUT2D eigenvalue weighted by Gasteiger charge is -2.13. The zero-order chi connectivity index (χ0) is 16.8. The molecule has 1 unspecified atom stereocenters. The highest BCUT2D eigenvalue weighted by molar-refractivity contribution is 5.95. The van der Waals surface area contributed by atoms with Gasteiger partial charge in [-0.2, -0.15) is 5.26 Å². The van der Waals surface area contributed by atoms with Crippen LogP contribution in [0.2, 0.25) is 0 Å². The third-order valence-electron chi connectivity index (χ3n) is 3.13. The van der Waals surface area contributed by atoms with Crippen LogP contribution in [0.25, 0.3) is 11.1 Å². The van der Waals surface area contributed by atoms with Crippen LogP contribution in [0.5, 0.6) is 5.75 Å². The van der Waals surface area contributed by atoms with Crippen molar-refractivity contribution < 1.29 is 14.3 Å². The number of hydrogen-bond donors (Lipinski definition) is 2. The molecule has 0 aromatic heterocycles. The molecule has 2 aromatic carbocycles. The van der Waals surface area contributed by atoms with Crippen LogP contribution in [0.1, 0.15) is 12.5 Å². The predicted molar refractivity (Wildman–Crippen MR) is 84.4 cm³/mol. The van der Waals surface area contributed by atoms with Gasteiger partial charge in [-0.3, -0.25) is 10.1 Å². The van der Waals surface area contributed by atoms with Crippen molar-refractivity contribution in [3.8, 4) is 22.9 Å². The van der Waals surface area contributed by atoms with Crippen molar-refractivity contribution in [3.05, 3.63) is 54.1 Å². The fourth-order valence-electron chi connectivity index (χ4n) is 1.94. The molecule has 0 aliphatic carbocycles. The zero-order valence-electron chi connectivity index (χ0n) is 12.4. The minimum atomic E-state index is -0.915. The summed E-state index contributed by atoms with van der Waals surface area (Å²) in [7, 11) is 0. The first-order chi connectivity index (χ1) is 11.0. The number of urea groups is 1. The van der Waals surface area contributed by atoms with Crippen LogP contribution in [-0.2, 0) is 4.79 Å². The molecule has 0 spiro atoms. The van der Waals surface area contributed by atoms with Gasteiger partial charge in [0.05, 0.1) is 11.6 Å². The number of nitrogens with two attached hydrogens (primary N) is 1. The number of carbonyl (C=O) groups is 2. The first-order valence-corrected chi connectivity index (χ1v) is 6.87. The summed E-state index contributed by atoms with van der Waals surface area (Å²) in [5.74, 6) is -0.108. The van der Waals surface area contributed by atoms with Gasteiger partial charge in [0.1, 0.15) is 5.75 Å². The lowest BCUT2D eigenvalue weighted by molar-refractivity contribution is -0.126. The van der Waals surface area contributed by atoms with Crippen LogP contribution in [0.4, 0.5) is 4.79 Å². The standard InChI is InChI=1S/C17H15N3O3/c1-11(16(21)20-17(19)22)23-15-8-6-14(7-9-15)13-4-2-12(10-18)3-5-13/h2-9,11H,1H3,(H3,19,20,21,22). The quantitative estimate of drug-likeness (QED) is 0.903. The second-order valence-electron chi connectivity index (χ2n) is 4.83. The molecule has 0 aliphatic rings. The van der Waals surface area contributed by atoms with Crippen molar-refractivity contribution in [2.75, 3.05) is 0 Å². The Balaban J connectivity index is 2.05. The van der Waals surface area contributed by atoms with Gasteiger partial charge in [-0.25, -0.2) is 4.79 Å². The molecule has 0 heterocycles. The van der Waals surface area contributed by atoms with Gasteiger partial charge in [0, 0.05) is 0 Å². The minimum absolute atomic E-state index is 0.495. The number of benzene rings is 2. The van der Waals surface area contributed by atoms with Crippen molar-refractivity contribution in [3.63, 3.8) is 0 Å². The molecular formula is C17H15N3O3. The SMILES string of the molecule is CC(Oc1ccc(-c2ccc(C#N)cc2)cc1)C(=O)NC(N)=O. The Kier molecular flexibility index (Phi) is 4.95. The predicted octanol–water partition coefficient (Wildman–Crippen LogP) is 2.19. The van der Waals surface area contributed by atoms with Crippen LogP contribution >= 0.6 is 0 Å². The molecule has 0 fully saturated rings. The molecule has 0 aliphatic heterocycles. The Morgan fingerprint density at radius 1 is 1.09 bits per heavy atom. The Hall–Kier alpha value is -3.33. The van der Waals surface area contributed by atoms with E-state index in [1.54, 1.807) is 24.3 Å². The van der Waals surface area contributed by atoms with Gasteiger partial charge in [-0.05, 0) is 42.3 Å². The molecule has 2 rings (SSSR count). The van der Waals surface area contributed by atoms with Gasteiger partial charge in [-0.15, -0.1) is 0 Å². The monoisotopic (exact) mass is 309 g/mol. The lowest BCUT2D eigenvalue weighted by Crippen LogP contribution is -2.42. The first-order valence-electron chi connectivity index (χ1n) is 6.87. The van der Waals surface area contributed by atoms with E-state index in [9.17, 15) is 9.59 Å². The molecule has 6 nitrogen and oxygen atoms in total. The third-order valence-corrected chi connectivity index (χ3v) is 3.13. The summed E-state index contributed by atoms with van der Waals surface area (Å²) in [4.78, 5) is 22.2. The van der Waals surface area contributed by atoms with Crippen molar-refractivity contribution in [1.82, 2.24) is 5.32 Å². The van der Waals surface area contributed by atoms with E-state index in [0.29, 0.717) is 11.3 Å². The molecule has 6 heteroatoms. The highest BCUT2D eigenvalue weighted by Gasteiger charge is 2.16. The smallest absolute Gasteiger partial charge is 0.318 e. The van der Waals surface area contributed by atoms with E-state index in [-0.39, 0.29) is 0 Å². The Morgan fingerprint density at radius 2 is 1.61 bits per heavy atom. The number of carbonyl (C=O) groups excluding carboxylic acids is 2. The molecular weight excluding hydrogens is 294 g/mol. The molecule has 3 N–H and O–H groups in total. The van der Waals surface area contributed by atoms with E-state index in [2.05, 4.69) is 6.07 Å². The molecule has 116 valence electrons. The number of amides is 3. The Labute approximate surface area is 133 Å². The molecule has 2 aromatic rings. The van der Waals surface area contributed by atoms with E-state index < -0.39 is 18.0 Å². The summed E-state index contributed by atoms with van der Waals surface area (Å²) in [6.07, 6.45) is -0.844. The van der Waals surface area contributed by atoms with Crippen LogP contribution in [0.15, 0.2) is 48.5 Å². The molecule has 0 saturated carbocycles. The maximum absolute atomic E-state index is 11.5. The van der Waals surface area contributed by atoms with Gasteiger partial charge < -0.3 is 10.5 Å². The number of hydrogen-bond acceptors (Lipinski definition) is 4. The highest BCUT2D eigenvalue weighted by Crippen LogP contribution is 2.23. The number of ether oxygens (including phenoxy) is 1. The minimum Gasteiger partial charge on any atom is -0.481 e. The molecule has 0 saturated heterocycles. The average molecular weight is 309 g/mol. The number of nitrogens with zero attached hydrogens (tertiary/aromatic N) is 1. The molecule has 0 bridgehead atoms. The Morgan fingerprint density at radius 3 is 2.09 bits per heavy atom. The fourth-order valence-corrected chi connectivity index (χ4v) is 1.94. The van der Waals surface area contributed by atoms with Crippen LogP contribution in [0.3, 0.4) is 0 Å². The molecule has 1 atom stereocenters. The van der Waals surface area contributed by atoms with E-state index in [0.717, 1.165) is 11.1 Å². The number of rotatable bonds is 4. The summed E-state index contributed by atoms with van der Waals surface area (Å²) < 4.78 is 5.44. The molecule has 23 heavy (non-hydrogen) atoms. The lowest BCUT2D eigenvalue weighted by atomic mass is 10.0. The fraction of sp³-hybridized carbons (Fsp3) is 0.118. The van der Waals surface area contributed by atoms with Gasteiger partial charge in [-0.1, -0.05) is 24.3 Å². The number of primary amides is 1. The normalized spacial score (nSPS) is 11.1. The largest absolute Gasteiger partial charge is 0.481 e. The third kappa shape index (κ3) is 4.32. The zero-order valence-corrected chi connectivity index (χ0v) is 12.4. The van der Waals surface area contributed by atoms with Gasteiger partial charge in [0.25, 0.3) is 5.91 Å². The molecule has 0 radical (unpaired) electrons. The van der Waals surface area contributed by atoms with Crippen LogP contribution in [0, 0.1) is 11.3 Å². The van der Waals surface area contributed by atoms with Crippen molar-refractivity contribution in [2.45, 2.75) is 13.0 Å².